The molecule has 0 aliphatic heterocycles. The molecule has 0 aliphatic carbocycles. The summed E-state index contributed by atoms with van der Waals surface area (Å²) in [6, 6.07) is 6.95. The van der Waals surface area contributed by atoms with Crippen LogP contribution in [0.25, 0.3) is 5.65 Å². The molecule has 0 amide bonds. The number of ether oxygens (including phenoxy) is 1. The van der Waals surface area contributed by atoms with Gasteiger partial charge in [0.25, 0.3) is 5.88 Å². The van der Waals surface area contributed by atoms with Gasteiger partial charge in [-0.1, -0.05) is 6.07 Å². The van der Waals surface area contributed by atoms with Crippen LogP contribution >= 0.6 is 0 Å². The Morgan fingerprint density at radius 1 is 1.40 bits per heavy atom. The Hall–Kier alpha value is -2.83. The van der Waals surface area contributed by atoms with Crippen LogP contribution < -0.4 is 4.74 Å². The Morgan fingerprint density at radius 2 is 2.20 bits per heavy atom. The van der Waals surface area contributed by atoms with E-state index in [1.807, 2.05) is 6.92 Å². The lowest BCUT2D eigenvalue weighted by Gasteiger charge is -2.03. The van der Waals surface area contributed by atoms with Gasteiger partial charge in [0.15, 0.2) is 5.69 Å². The summed E-state index contributed by atoms with van der Waals surface area (Å²) in [5.74, 6) is -0.613. The Labute approximate surface area is 114 Å². The van der Waals surface area contributed by atoms with E-state index >= 15 is 0 Å². The molecular weight excluding hydrogens is 260 g/mol. The number of nitrogens with zero attached hydrogens (tertiary/aromatic N) is 4. The van der Waals surface area contributed by atoms with Crippen molar-refractivity contribution in [2.24, 2.45) is 7.05 Å². The molecule has 3 aromatic heterocycles. The molecule has 7 heteroatoms. The highest BCUT2D eigenvalue weighted by Crippen LogP contribution is 2.26. The molecule has 3 heterocycles. The molecule has 7 nitrogen and oxygen atoms in total. The van der Waals surface area contributed by atoms with E-state index in [1.54, 1.807) is 37.5 Å². The van der Waals surface area contributed by atoms with Crippen molar-refractivity contribution in [2.45, 2.75) is 6.92 Å². The average Bonchev–Trinajstić information content (AvgIpc) is 2.89. The highest BCUT2D eigenvalue weighted by molar-refractivity contribution is 5.89. The van der Waals surface area contributed by atoms with Crippen molar-refractivity contribution in [3.63, 3.8) is 0 Å². The molecule has 0 saturated carbocycles. The molecule has 1 N–H and O–H groups in total. The van der Waals surface area contributed by atoms with E-state index in [4.69, 9.17) is 4.74 Å². The molecule has 0 bridgehead atoms. The number of carboxylic acids is 1. The summed E-state index contributed by atoms with van der Waals surface area (Å²) in [4.78, 5) is 15.6. The predicted molar refractivity (Wildman–Crippen MR) is 70.2 cm³/mol. The maximum Gasteiger partial charge on any atom is 0.358 e. The lowest BCUT2D eigenvalue weighted by atomic mass is 10.4. The molecule has 0 aromatic carbocycles. The number of imidazole rings is 1. The Morgan fingerprint density at radius 3 is 2.85 bits per heavy atom. The van der Waals surface area contributed by atoms with E-state index in [9.17, 15) is 9.90 Å². The van der Waals surface area contributed by atoms with Crippen LogP contribution in [0, 0.1) is 6.92 Å². The van der Waals surface area contributed by atoms with Crippen LogP contribution in [0.4, 0.5) is 0 Å². The smallest absolute Gasteiger partial charge is 0.358 e. The minimum Gasteiger partial charge on any atom is -0.476 e. The number of carbonyl (C=O) groups is 1. The van der Waals surface area contributed by atoms with E-state index in [0.717, 1.165) is 5.69 Å². The number of fused-ring (bicyclic) bond motifs is 1. The zero-order valence-electron chi connectivity index (χ0n) is 10.9. The third-order valence-electron chi connectivity index (χ3n) is 2.86. The number of pyridine rings is 1. The SMILES string of the molecule is Cc1cc(Oc2nc3ccccn3c2C(=O)O)n(C)n1. The van der Waals surface area contributed by atoms with Gasteiger partial charge in [0.05, 0.1) is 5.69 Å². The lowest BCUT2D eigenvalue weighted by Crippen LogP contribution is -2.04. The molecule has 0 aliphatic rings. The third kappa shape index (κ3) is 1.89. The number of aromatic carboxylic acids is 1. The summed E-state index contributed by atoms with van der Waals surface area (Å²) in [5.41, 5.74) is 1.28. The van der Waals surface area contributed by atoms with Gasteiger partial charge in [0, 0.05) is 19.3 Å². The molecular formula is C13H12N4O3. The first-order valence-electron chi connectivity index (χ1n) is 5.95. The van der Waals surface area contributed by atoms with Gasteiger partial charge in [0.2, 0.25) is 5.88 Å². The fraction of sp³-hybridized carbons (Fsp3) is 0.154. The number of carboxylic acid groups (broad SMARTS) is 1. The second-order valence-electron chi connectivity index (χ2n) is 4.35. The summed E-state index contributed by atoms with van der Waals surface area (Å²) in [6.45, 7) is 1.83. The van der Waals surface area contributed by atoms with Crippen LogP contribution in [0.15, 0.2) is 30.5 Å². The minimum absolute atomic E-state index is 0.0144. The number of aromatic nitrogens is 4. The monoisotopic (exact) mass is 272 g/mol. The summed E-state index contributed by atoms with van der Waals surface area (Å²) in [7, 11) is 1.72. The molecule has 0 saturated heterocycles. The van der Waals surface area contributed by atoms with E-state index in [2.05, 4.69) is 10.1 Å². The van der Waals surface area contributed by atoms with Crippen molar-refractivity contribution in [3.05, 3.63) is 41.9 Å². The molecule has 0 spiro atoms. The molecule has 0 unspecified atom stereocenters. The van der Waals surface area contributed by atoms with Crippen molar-refractivity contribution in [1.29, 1.82) is 0 Å². The van der Waals surface area contributed by atoms with Crippen molar-refractivity contribution in [2.75, 3.05) is 0 Å². The van der Waals surface area contributed by atoms with Gasteiger partial charge in [-0.25, -0.2) is 9.48 Å². The van der Waals surface area contributed by atoms with Gasteiger partial charge in [0.1, 0.15) is 5.65 Å². The number of rotatable bonds is 3. The normalized spacial score (nSPS) is 10.9. The van der Waals surface area contributed by atoms with E-state index in [1.165, 1.54) is 9.08 Å². The van der Waals surface area contributed by atoms with Crippen LogP contribution in [0.2, 0.25) is 0 Å². The highest BCUT2D eigenvalue weighted by atomic mass is 16.5. The first-order chi connectivity index (χ1) is 9.56. The van der Waals surface area contributed by atoms with Gasteiger partial charge < -0.3 is 9.84 Å². The third-order valence-corrected chi connectivity index (χ3v) is 2.86. The maximum atomic E-state index is 11.4. The van der Waals surface area contributed by atoms with Gasteiger partial charge in [-0.15, -0.1) is 0 Å². The summed E-state index contributed by atoms with van der Waals surface area (Å²) < 4.78 is 8.60. The van der Waals surface area contributed by atoms with Crippen LogP contribution in [0.5, 0.6) is 11.8 Å². The van der Waals surface area contributed by atoms with Gasteiger partial charge >= 0.3 is 5.97 Å². The molecule has 3 rings (SSSR count). The summed E-state index contributed by atoms with van der Waals surface area (Å²) in [6.07, 6.45) is 1.63. The molecule has 3 aromatic rings. The number of hydrogen-bond acceptors (Lipinski definition) is 4. The largest absolute Gasteiger partial charge is 0.476 e. The van der Waals surface area contributed by atoms with Gasteiger partial charge in [-0.3, -0.25) is 4.40 Å². The fourth-order valence-electron chi connectivity index (χ4n) is 2.02. The van der Waals surface area contributed by atoms with Crippen molar-refractivity contribution in [3.8, 4) is 11.8 Å². The number of aryl methyl sites for hydroxylation is 2. The van der Waals surface area contributed by atoms with Crippen molar-refractivity contribution in [1.82, 2.24) is 19.2 Å². The topological polar surface area (TPSA) is 81.6 Å². The second kappa shape index (κ2) is 4.37. The molecule has 0 radical (unpaired) electrons. The van der Waals surface area contributed by atoms with Gasteiger partial charge in [-0.05, 0) is 19.1 Å². The zero-order chi connectivity index (χ0) is 14.3. The summed E-state index contributed by atoms with van der Waals surface area (Å²) >= 11 is 0. The zero-order valence-corrected chi connectivity index (χ0v) is 10.9. The first-order valence-corrected chi connectivity index (χ1v) is 5.95. The van der Waals surface area contributed by atoms with Crippen LogP contribution in [0.3, 0.4) is 0 Å². The van der Waals surface area contributed by atoms with E-state index < -0.39 is 5.97 Å². The summed E-state index contributed by atoms with van der Waals surface area (Å²) in [5, 5.41) is 13.5. The highest BCUT2D eigenvalue weighted by Gasteiger charge is 2.21. The minimum atomic E-state index is -1.10. The maximum absolute atomic E-state index is 11.4. The van der Waals surface area contributed by atoms with Crippen LogP contribution in [-0.2, 0) is 7.05 Å². The lowest BCUT2D eigenvalue weighted by molar-refractivity contribution is 0.0686. The van der Waals surface area contributed by atoms with Crippen LogP contribution in [0.1, 0.15) is 16.2 Å². The van der Waals surface area contributed by atoms with Crippen LogP contribution in [-0.4, -0.2) is 30.2 Å². The molecule has 0 atom stereocenters. The molecule has 0 fully saturated rings. The average molecular weight is 272 g/mol. The predicted octanol–water partition coefficient (Wildman–Crippen LogP) is 1.87. The standard InChI is InChI=1S/C13H12N4O3/c1-8-7-10(16(2)15-8)20-12-11(13(18)19)17-6-4-3-5-9(17)14-12/h3-7H,1-2H3,(H,18,19). The van der Waals surface area contributed by atoms with Crippen molar-refractivity contribution >= 4 is 11.6 Å². The quantitative estimate of drug-likeness (QED) is 0.787. The Bertz CT molecular complexity index is 803. The number of hydrogen-bond donors (Lipinski definition) is 1. The second-order valence-corrected chi connectivity index (χ2v) is 4.35. The Kier molecular flexibility index (Phi) is 2.67. The Balaban J connectivity index is 2.13. The van der Waals surface area contributed by atoms with Crippen molar-refractivity contribution < 1.29 is 14.6 Å². The first kappa shape index (κ1) is 12.2. The molecule has 20 heavy (non-hydrogen) atoms. The van der Waals surface area contributed by atoms with E-state index in [-0.39, 0.29) is 11.6 Å². The van der Waals surface area contributed by atoms with Gasteiger partial charge in [-0.2, -0.15) is 10.1 Å². The molecule has 102 valence electrons. The fourth-order valence-corrected chi connectivity index (χ4v) is 2.02. The van der Waals surface area contributed by atoms with E-state index in [0.29, 0.717) is 11.5 Å².